The van der Waals surface area contributed by atoms with Crippen LogP contribution in [0.1, 0.15) is 17.7 Å². The molecule has 0 bridgehead atoms. The highest BCUT2D eigenvalue weighted by atomic mass is 16.5. The van der Waals surface area contributed by atoms with E-state index >= 15 is 0 Å². The van der Waals surface area contributed by atoms with Gasteiger partial charge in [-0.1, -0.05) is 48.5 Å². The largest absolute Gasteiger partial charge is 0.456 e. The third-order valence-electron chi connectivity index (χ3n) is 3.77. The molecule has 1 heterocycles. The number of nitrogens with zero attached hydrogens (tertiary/aromatic N) is 2. The van der Waals surface area contributed by atoms with E-state index in [4.69, 9.17) is 4.74 Å². The molecule has 3 rings (SSSR count). The van der Waals surface area contributed by atoms with E-state index in [0.29, 0.717) is 18.7 Å². The van der Waals surface area contributed by atoms with E-state index < -0.39 is 0 Å². The minimum absolute atomic E-state index is 0.0358. The van der Waals surface area contributed by atoms with Gasteiger partial charge >= 0.3 is 0 Å². The predicted molar refractivity (Wildman–Crippen MR) is 96.7 cm³/mol. The van der Waals surface area contributed by atoms with Crippen LogP contribution in [0.15, 0.2) is 66.7 Å². The van der Waals surface area contributed by atoms with Crippen molar-refractivity contribution in [2.45, 2.75) is 19.8 Å². The minimum atomic E-state index is -0.0358. The number of carbonyl (C=O) groups excluding carboxylic acids is 1. The van der Waals surface area contributed by atoms with Crippen LogP contribution >= 0.6 is 0 Å². The van der Waals surface area contributed by atoms with Gasteiger partial charge in [0.05, 0.1) is 11.4 Å². The smallest absolute Gasteiger partial charge is 0.222 e. The van der Waals surface area contributed by atoms with Gasteiger partial charge < -0.3 is 10.1 Å². The van der Waals surface area contributed by atoms with Gasteiger partial charge in [-0.25, -0.2) is 4.68 Å². The Balaban J connectivity index is 1.51. The maximum atomic E-state index is 12.0. The van der Waals surface area contributed by atoms with Gasteiger partial charge in [0.2, 0.25) is 11.8 Å². The van der Waals surface area contributed by atoms with Crippen molar-refractivity contribution in [1.29, 1.82) is 0 Å². The fourth-order valence-electron chi connectivity index (χ4n) is 2.51. The number of carbonyl (C=O) groups is 1. The van der Waals surface area contributed by atoms with Crippen LogP contribution < -0.4 is 10.1 Å². The van der Waals surface area contributed by atoms with Crippen LogP contribution in [0.4, 0.5) is 0 Å². The first-order valence-corrected chi connectivity index (χ1v) is 8.28. The summed E-state index contributed by atoms with van der Waals surface area (Å²) in [5, 5.41) is 7.22. The molecule has 0 atom stereocenters. The van der Waals surface area contributed by atoms with Crippen LogP contribution in [0.2, 0.25) is 0 Å². The van der Waals surface area contributed by atoms with E-state index in [0.717, 1.165) is 16.9 Å². The maximum absolute atomic E-state index is 12.0. The molecule has 0 radical (unpaired) electrons. The van der Waals surface area contributed by atoms with Crippen molar-refractivity contribution in [3.8, 4) is 11.6 Å². The van der Waals surface area contributed by atoms with E-state index in [2.05, 4.69) is 10.4 Å². The molecule has 0 aliphatic carbocycles. The number of rotatable bonds is 7. The zero-order chi connectivity index (χ0) is 17.5. The molecule has 128 valence electrons. The number of ether oxygens (including phenoxy) is 1. The summed E-state index contributed by atoms with van der Waals surface area (Å²) in [6, 6.07) is 21.6. The zero-order valence-electron chi connectivity index (χ0n) is 14.2. The molecule has 1 amide bonds. The van der Waals surface area contributed by atoms with Gasteiger partial charge in [-0.3, -0.25) is 4.79 Å². The molecule has 0 aliphatic heterocycles. The molecule has 2 aromatic carbocycles. The summed E-state index contributed by atoms with van der Waals surface area (Å²) in [5.41, 5.74) is 2.92. The maximum Gasteiger partial charge on any atom is 0.222 e. The molecule has 1 aromatic heterocycles. The summed E-state index contributed by atoms with van der Waals surface area (Å²) < 4.78 is 7.43. The van der Waals surface area contributed by atoms with Crippen molar-refractivity contribution >= 4 is 5.91 Å². The summed E-state index contributed by atoms with van der Waals surface area (Å²) in [4.78, 5) is 12.0. The Labute approximate surface area is 147 Å². The summed E-state index contributed by atoms with van der Waals surface area (Å²) in [5.74, 6) is 0.568. The number of nitrogens with one attached hydrogen (secondary N) is 1. The van der Waals surface area contributed by atoms with Crippen molar-refractivity contribution in [1.82, 2.24) is 15.1 Å². The lowest BCUT2D eigenvalue weighted by molar-refractivity contribution is -0.122. The molecular formula is C20H21N3O2. The number of benzene rings is 2. The Bertz CT molecular complexity index is 813. The molecule has 0 saturated heterocycles. The number of hydrogen-bond acceptors (Lipinski definition) is 3. The van der Waals surface area contributed by atoms with Gasteiger partial charge in [-0.15, -0.1) is 0 Å². The first kappa shape index (κ1) is 16.8. The molecule has 5 heteroatoms. The molecule has 0 fully saturated rings. The average molecular weight is 335 g/mol. The van der Waals surface area contributed by atoms with E-state index in [9.17, 15) is 4.79 Å². The summed E-state index contributed by atoms with van der Waals surface area (Å²) >= 11 is 0. The zero-order valence-corrected chi connectivity index (χ0v) is 14.2. The van der Waals surface area contributed by atoms with Gasteiger partial charge in [0, 0.05) is 12.5 Å². The number of amides is 1. The molecule has 3 aromatic rings. The van der Waals surface area contributed by atoms with Crippen LogP contribution in [0.3, 0.4) is 0 Å². The second-order valence-corrected chi connectivity index (χ2v) is 5.75. The molecule has 0 spiro atoms. The number of para-hydroxylation sites is 1. The average Bonchev–Trinajstić information content (AvgIpc) is 3.02. The Hall–Kier alpha value is -3.08. The molecule has 5 nitrogen and oxygen atoms in total. The van der Waals surface area contributed by atoms with Crippen molar-refractivity contribution in [2.75, 3.05) is 6.73 Å². The van der Waals surface area contributed by atoms with Crippen molar-refractivity contribution in [3.05, 3.63) is 78.0 Å². The highest BCUT2D eigenvalue weighted by Crippen LogP contribution is 2.18. The number of aromatic nitrogens is 2. The third kappa shape index (κ3) is 4.70. The van der Waals surface area contributed by atoms with Crippen molar-refractivity contribution in [2.24, 2.45) is 0 Å². The van der Waals surface area contributed by atoms with Gasteiger partial charge in [0.15, 0.2) is 6.73 Å². The number of hydrogen-bond donors (Lipinski definition) is 1. The second-order valence-electron chi connectivity index (χ2n) is 5.75. The summed E-state index contributed by atoms with van der Waals surface area (Å²) in [7, 11) is 0. The number of aryl methyl sites for hydroxylation is 2. The van der Waals surface area contributed by atoms with Crippen LogP contribution in [-0.2, 0) is 11.2 Å². The predicted octanol–water partition coefficient (Wildman–Crippen LogP) is 3.27. The Kier molecular flexibility index (Phi) is 5.46. The fraction of sp³-hybridized carbons (Fsp3) is 0.200. The van der Waals surface area contributed by atoms with Gasteiger partial charge in [-0.05, 0) is 31.0 Å². The normalized spacial score (nSPS) is 10.4. The third-order valence-corrected chi connectivity index (χ3v) is 3.77. The van der Waals surface area contributed by atoms with Crippen molar-refractivity contribution in [3.63, 3.8) is 0 Å². The second kappa shape index (κ2) is 8.15. The first-order valence-electron chi connectivity index (χ1n) is 8.28. The standard InChI is InChI=1S/C20H21N3O2/c1-16-14-20(23(22-16)18-10-6-3-7-11-18)25-15-21-19(24)13-12-17-8-4-2-5-9-17/h2-11,14H,12-13,15H2,1H3,(H,21,24). The van der Waals surface area contributed by atoms with E-state index in [1.54, 1.807) is 4.68 Å². The monoisotopic (exact) mass is 335 g/mol. The topological polar surface area (TPSA) is 56.1 Å². The lowest BCUT2D eigenvalue weighted by atomic mass is 10.1. The van der Waals surface area contributed by atoms with Crippen LogP contribution in [0.25, 0.3) is 5.69 Å². The molecule has 0 saturated carbocycles. The highest BCUT2D eigenvalue weighted by Gasteiger charge is 2.09. The molecule has 0 aliphatic rings. The molecule has 0 unspecified atom stereocenters. The summed E-state index contributed by atoms with van der Waals surface area (Å²) in [6.07, 6.45) is 1.15. The SMILES string of the molecule is Cc1cc(OCNC(=O)CCc2ccccc2)n(-c2ccccc2)n1. The van der Waals surface area contributed by atoms with Crippen LogP contribution in [0, 0.1) is 6.92 Å². The first-order chi connectivity index (χ1) is 12.2. The quantitative estimate of drug-likeness (QED) is 0.674. The minimum Gasteiger partial charge on any atom is -0.456 e. The molecule has 25 heavy (non-hydrogen) atoms. The molecular weight excluding hydrogens is 314 g/mol. The van der Waals surface area contributed by atoms with Crippen LogP contribution in [0.5, 0.6) is 5.88 Å². The Morgan fingerprint density at radius 3 is 2.48 bits per heavy atom. The van der Waals surface area contributed by atoms with Crippen LogP contribution in [-0.4, -0.2) is 22.4 Å². The van der Waals surface area contributed by atoms with E-state index in [-0.39, 0.29) is 12.6 Å². The van der Waals surface area contributed by atoms with Gasteiger partial charge in [0.1, 0.15) is 0 Å². The fourth-order valence-corrected chi connectivity index (χ4v) is 2.51. The van der Waals surface area contributed by atoms with E-state index in [1.807, 2.05) is 73.7 Å². The lowest BCUT2D eigenvalue weighted by Crippen LogP contribution is -2.28. The Morgan fingerprint density at radius 1 is 1.08 bits per heavy atom. The van der Waals surface area contributed by atoms with E-state index in [1.165, 1.54) is 0 Å². The van der Waals surface area contributed by atoms with Gasteiger partial charge in [-0.2, -0.15) is 5.10 Å². The molecule has 1 N–H and O–H groups in total. The lowest BCUT2D eigenvalue weighted by Gasteiger charge is -2.10. The summed E-state index contributed by atoms with van der Waals surface area (Å²) in [6.45, 7) is 2.02. The Morgan fingerprint density at radius 2 is 1.76 bits per heavy atom. The van der Waals surface area contributed by atoms with Crippen molar-refractivity contribution < 1.29 is 9.53 Å². The highest BCUT2D eigenvalue weighted by molar-refractivity contribution is 5.76. The van der Waals surface area contributed by atoms with Gasteiger partial charge in [0.25, 0.3) is 0 Å².